The van der Waals surface area contributed by atoms with Gasteiger partial charge in [-0.05, 0) is 38.0 Å². The summed E-state index contributed by atoms with van der Waals surface area (Å²) in [7, 11) is 0. The summed E-state index contributed by atoms with van der Waals surface area (Å²) in [6.45, 7) is 7.32. The standard InChI is InChI=1S/C14H21N3/c1-4-11(15)9-14-16-12-8-10(3)6-7-13(12)17(14)5-2/h6-8,11H,4-5,9,15H2,1-3H3. The van der Waals surface area contributed by atoms with Gasteiger partial charge < -0.3 is 10.3 Å². The smallest absolute Gasteiger partial charge is 0.111 e. The van der Waals surface area contributed by atoms with Gasteiger partial charge in [0.25, 0.3) is 0 Å². The van der Waals surface area contributed by atoms with Crippen LogP contribution in [0.25, 0.3) is 11.0 Å². The van der Waals surface area contributed by atoms with Crippen LogP contribution in [0.3, 0.4) is 0 Å². The van der Waals surface area contributed by atoms with Crippen LogP contribution in [-0.2, 0) is 13.0 Å². The third-order valence-electron chi connectivity index (χ3n) is 3.27. The second-order valence-corrected chi connectivity index (χ2v) is 4.64. The molecule has 0 aliphatic rings. The Morgan fingerprint density at radius 1 is 1.35 bits per heavy atom. The molecule has 1 aromatic carbocycles. The summed E-state index contributed by atoms with van der Waals surface area (Å²) >= 11 is 0. The lowest BCUT2D eigenvalue weighted by Gasteiger charge is -2.10. The topological polar surface area (TPSA) is 43.8 Å². The van der Waals surface area contributed by atoms with Crippen molar-refractivity contribution in [2.24, 2.45) is 5.73 Å². The minimum Gasteiger partial charge on any atom is -0.328 e. The van der Waals surface area contributed by atoms with E-state index in [0.717, 1.165) is 30.7 Å². The monoisotopic (exact) mass is 231 g/mol. The van der Waals surface area contributed by atoms with Crippen LogP contribution in [0.1, 0.15) is 31.7 Å². The molecule has 1 aromatic heterocycles. The number of hydrogen-bond acceptors (Lipinski definition) is 2. The molecule has 92 valence electrons. The van der Waals surface area contributed by atoms with Crippen LogP contribution in [0, 0.1) is 6.92 Å². The quantitative estimate of drug-likeness (QED) is 0.879. The van der Waals surface area contributed by atoms with Crippen LogP contribution in [0.2, 0.25) is 0 Å². The van der Waals surface area contributed by atoms with Crippen molar-refractivity contribution in [3.05, 3.63) is 29.6 Å². The highest BCUT2D eigenvalue weighted by Crippen LogP contribution is 2.18. The summed E-state index contributed by atoms with van der Waals surface area (Å²) < 4.78 is 2.27. The first-order chi connectivity index (χ1) is 8.15. The first-order valence-corrected chi connectivity index (χ1v) is 6.37. The molecular weight excluding hydrogens is 210 g/mol. The Kier molecular flexibility index (Phi) is 3.48. The number of rotatable bonds is 4. The maximum Gasteiger partial charge on any atom is 0.111 e. The first-order valence-electron chi connectivity index (χ1n) is 6.37. The third kappa shape index (κ3) is 2.34. The number of aromatic nitrogens is 2. The lowest BCUT2D eigenvalue weighted by atomic mass is 10.1. The second-order valence-electron chi connectivity index (χ2n) is 4.64. The maximum absolute atomic E-state index is 6.03. The number of nitrogens with zero attached hydrogens (tertiary/aromatic N) is 2. The van der Waals surface area contributed by atoms with E-state index in [2.05, 4.69) is 43.5 Å². The molecule has 1 heterocycles. The Morgan fingerprint density at radius 2 is 2.12 bits per heavy atom. The van der Waals surface area contributed by atoms with E-state index >= 15 is 0 Å². The normalized spacial score (nSPS) is 13.2. The average Bonchev–Trinajstić information content (AvgIpc) is 2.64. The van der Waals surface area contributed by atoms with E-state index in [1.807, 2.05) is 0 Å². The van der Waals surface area contributed by atoms with E-state index in [0.29, 0.717) is 0 Å². The van der Waals surface area contributed by atoms with Crippen molar-refractivity contribution in [2.75, 3.05) is 0 Å². The van der Waals surface area contributed by atoms with Crippen molar-refractivity contribution >= 4 is 11.0 Å². The molecule has 0 saturated carbocycles. The Morgan fingerprint density at radius 3 is 2.76 bits per heavy atom. The van der Waals surface area contributed by atoms with Crippen LogP contribution in [0.5, 0.6) is 0 Å². The van der Waals surface area contributed by atoms with Crippen molar-refractivity contribution in [3.8, 4) is 0 Å². The molecule has 0 spiro atoms. The summed E-state index contributed by atoms with van der Waals surface area (Å²) in [5, 5.41) is 0. The molecule has 1 atom stereocenters. The molecule has 2 rings (SSSR count). The molecule has 0 aliphatic heterocycles. The van der Waals surface area contributed by atoms with Gasteiger partial charge in [-0.15, -0.1) is 0 Å². The highest BCUT2D eigenvalue weighted by atomic mass is 15.1. The van der Waals surface area contributed by atoms with E-state index in [4.69, 9.17) is 10.7 Å². The van der Waals surface area contributed by atoms with E-state index in [-0.39, 0.29) is 6.04 Å². The zero-order valence-corrected chi connectivity index (χ0v) is 10.9. The van der Waals surface area contributed by atoms with Gasteiger partial charge in [-0.1, -0.05) is 13.0 Å². The number of fused-ring (bicyclic) bond motifs is 1. The van der Waals surface area contributed by atoms with Gasteiger partial charge in [0.2, 0.25) is 0 Å². The highest BCUT2D eigenvalue weighted by molar-refractivity contribution is 5.76. The minimum absolute atomic E-state index is 0.207. The highest BCUT2D eigenvalue weighted by Gasteiger charge is 2.11. The van der Waals surface area contributed by atoms with Crippen molar-refractivity contribution < 1.29 is 0 Å². The number of imidazole rings is 1. The molecule has 3 nitrogen and oxygen atoms in total. The largest absolute Gasteiger partial charge is 0.328 e. The minimum atomic E-state index is 0.207. The molecule has 3 heteroatoms. The Labute approximate surface area is 103 Å². The molecule has 0 aliphatic carbocycles. The summed E-state index contributed by atoms with van der Waals surface area (Å²) in [5.74, 6) is 1.11. The van der Waals surface area contributed by atoms with Crippen molar-refractivity contribution in [2.45, 2.75) is 46.2 Å². The molecule has 0 saturated heterocycles. The van der Waals surface area contributed by atoms with Gasteiger partial charge in [-0.25, -0.2) is 4.98 Å². The summed E-state index contributed by atoms with van der Waals surface area (Å²) in [4.78, 5) is 4.72. The second kappa shape index (κ2) is 4.88. The lowest BCUT2D eigenvalue weighted by molar-refractivity contribution is 0.597. The van der Waals surface area contributed by atoms with Crippen LogP contribution >= 0.6 is 0 Å². The van der Waals surface area contributed by atoms with Gasteiger partial charge in [0.05, 0.1) is 11.0 Å². The molecule has 0 bridgehead atoms. The molecule has 2 N–H and O–H groups in total. The van der Waals surface area contributed by atoms with Gasteiger partial charge in [-0.2, -0.15) is 0 Å². The van der Waals surface area contributed by atoms with E-state index in [9.17, 15) is 0 Å². The van der Waals surface area contributed by atoms with Crippen LogP contribution in [0.4, 0.5) is 0 Å². The molecule has 0 radical (unpaired) electrons. The SMILES string of the molecule is CCC(N)Cc1nc2cc(C)ccc2n1CC. The molecule has 2 aromatic rings. The predicted octanol–water partition coefficient (Wildman–Crippen LogP) is 2.64. The van der Waals surface area contributed by atoms with E-state index < -0.39 is 0 Å². The van der Waals surface area contributed by atoms with Gasteiger partial charge in [0.1, 0.15) is 5.82 Å². The van der Waals surface area contributed by atoms with Crippen molar-refractivity contribution in [1.29, 1.82) is 0 Å². The lowest BCUT2D eigenvalue weighted by Crippen LogP contribution is -2.23. The fourth-order valence-electron chi connectivity index (χ4n) is 2.18. The zero-order chi connectivity index (χ0) is 12.4. The third-order valence-corrected chi connectivity index (χ3v) is 3.27. The Balaban J connectivity index is 2.48. The zero-order valence-electron chi connectivity index (χ0n) is 10.9. The number of benzene rings is 1. The maximum atomic E-state index is 6.03. The number of hydrogen-bond donors (Lipinski definition) is 1. The molecule has 0 amide bonds. The van der Waals surface area contributed by atoms with Gasteiger partial charge in [0.15, 0.2) is 0 Å². The Hall–Kier alpha value is -1.35. The molecular formula is C14H21N3. The summed E-state index contributed by atoms with van der Waals surface area (Å²) in [5.41, 5.74) is 9.59. The van der Waals surface area contributed by atoms with Gasteiger partial charge in [0, 0.05) is 19.0 Å². The molecule has 0 fully saturated rings. The summed E-state index contributed by atoms with van der Waals surface area (Å²) in [6.07, 6.45) is 1.85. The van der Waals surface area contributed by atoms with Crippen LogP contribution < -0.4 is 5.73 Å². The average molecular weight is 231 g/mol. The number of nitrogens with two attached hydrogens (primary N) is 1. The van der Waals surface area contributed by atoms with Gasteiger partial charge in [-0.3, -0.25) is 0 Å². The van der Waals surface area contributed by atoms with E-state index in [1.165, 1.54) is 11.1 Å². The predicted molar refractivity (Wildman–Crippen MR) is 72.1 cm³/mol. The first kappa shape index (κ1) is 12.1. The van der Waals surface area contributed by atoms with Gasteiger partial charge >= 0.3 is 0 Å². The molecule has 17 heavy (non-hydrogen) atoms. The molecule has 1 unspecified atom stereocenters. The van der Waals surface area contributed by atoms with Crippen molar-refractivity contribution in [3.63, 3.8) is 0 Å². The fraction of sp³-hybridized carbons (Fsp3) is 0.500. The Bertz CT molecular complexity index is 513. The summed E-state index contributed by atoms with van der Waals surface area (Å²) in [6, 6.07) is 6.64. The fourth-order valence-corrected chi connectivity index (χ4v) is 2.18. The van der Waals surface area contributed by atoms with E-state index in [1.54, 1.807) is 0 Å². The van der Waals surface area contributed by atoms with Crippen LogP contribution in [-0.4, -0.2) is 15.6 Å². The van der Waals surface area contributed by atoms with Crippen LogP contribution in [0.15, 0.2) is 18.2 Å². The number of aryl methyl sites for hydroxylation is 2. The van der Waals surface area contributed by atoms with Crippen molar-refractivity contribution in [1.82, 2.24) is 9.55 Å².